The van der Waals surface area contributed by atoms with Gasteiger partial charge in [-0.05, 0) is 12.1 Å². The predicted molar refractivity (Wildman–Crippen MR) is 87.2 cm³/mol. The number of halogens is 1. The molecule has 0 unspecified atom stereocenters. The van der Waals surface area contributed by atoms with Gasteiger partial charge in [0.2, 0.25) is 11.8 Å². The van der Waals surface area contributed by atoms with Gasteiger partial charge in [-0.25, -0.2) is 9.97 Å². The highest BCUT2D eigenvalue weighted by Gasteiger charge is 2.14. The highest BCUT2D eigenvalue weighted by Crippen LogP contribution is 2.33. The number of ether oxygens (including phenoxy) is 1. The Morgan fingerprint density at radius 2 is 1.86 bits per heavy atom. The minimum absolute atomic E-state index is 0.205. The van der Waals surface area contributed by atoms with Crippen LogP contribution in [0.2, 0.25) is 0 Å². The zero-order valence-corrected chi connectivity index (χ0v) is 13.3. The first kappa shape index (κ1) is 14.4. The van der Waals surface area contributed by atoms with Crippen LogP contribution >= 0.6 is 15.9 Å². The summed E-state index contributed by atoms with van der Waals surface area (Å²) in [4.78, 5) is 8.43. The van der Waals surface area contributed by atoms with Crippen LogP contribution in [0.3, 0.4) is 0 Å². The molecule has 0 amide bonds. The molecule has 22 heavy (non-hydrogen) atoms. The van der Waals surface area contributed by atoms with Gasteiger partial charge in [0.1, 0.15) is 0 Å². The lowest BCUT2D eigenvalue weighted by atomic mass is 10.0. The summed E-state index contributed by atoms with van der Waals surface area (Å²) in [6, 6.07) is 11.3. The second kappa shape index (κ2) is 6.07. The highest BCUT2D eigenvalue weighted by atomic mass is 79.9. The number of hydrogen-bond donors (Lipinski definition) is 1. The molecule has 110 valence electrons. The van der Waals surface area contributed by atoms with E-state index in [-0.39, 0.29) is 5.95 Å². The van der Waals surface area contributed by atoms with Crippen LogP contribution in [0.4, 0.5) is 5.95 Å². The van der Waals surface area contributed by atoms with E-state index in [4.69, 9.17) is 10.5 Å². The van der Waals surface area contributed by atoms with Crippen molar-refractivity contribution in [3.8, 4) is 28.4 Å². The van der Waals surface area contributed by atoms with E-state index in [9.17, 15) is 0 Å². The van der Waals surface area contributed by atoms with Crippen LogP contribution in [0.5, 0.6) is 5.88 Å². The third kappa shape index (κ3) is 2.75. The predicted octanol–water partition coefficient (Wildman–Crippen LogP) is 2.95. The zero-order chi connectivity index (χ0) is 15.5. The lowest BCUT2D eigenvalue weighted by Gasteiger charge is -2.10. The lowest BCUT2D eigenvalue weighted by molar-refractivity contribution is 0.392. The third-order valence-corrected chi connectivity index (χ3v) is 3.75. The fourth-order valence-corrected chi connectivity index (χ4v) is 2.49. The number of nitrogens with two attached hydrogens (primary N) is 1. The van der Waals surface area contributed by atoms with Crippen molar-refractivity contribution in [2.75, 3.05) is 12.8 Å². The summed E-state index contributed by atoms with van der Waals surface area (Å²) >= 11 is 3.53. The topological polar surface area (TPSA) is 86.8 Å². The first-order valence-corrected chi connectivity index (χ1v) is 7.24. The quantitative estimate of drug-likeness (QED) is 0.775. The fourth-order valence-electron chi connectivity index (χ4n) is 2.01. The number of aromatic nitrogens is 4. The van der Waals surface area contributed by atoms with Crippen LogP contribution in [-0.4, -0.2) is 27.3 Å². The molecule has 6 nitrogen and oxygen atoms in total. The summed E-state index contributed by atoms with van der Waals surface area (Å²) in [7, 11) is 1.54. The van der Waals surface area contributed by atoms with E-state index < -0.39 is 0 Å². The van der Waals surface area contributed by atoms with E-state index in [1.54, 1.807) is 25.4 Å². The minimum Gasteiger partial charge on any atom is -0.480 e. The van der Waals surface area contributed by atoms with E-state index in [1.165, 1.54) is 0 Å². The average molecular weight is 358 g/mol. The van der Waals surface area contributed by atoms with Gasteiger partial charge >= 0.3 is 0 Å². The number of methoxy groups -OCH3 is 1. The van der Waals surface area contributed by atoms with Gasteiger partial charge < -0.3 is 10.5 Å². The molecule has 1 aromatic carbocycles. The molecule has 0 atom stereocenters. The molecule has 0 spiro atoms. The first-order valence-electron chi connectivity index (χ1n) is 6.44. The van der Waals surface area contributed by atoms with Gasteiger partial charge in [-0.2, -0.15) is 0 Å². The maximum atomic E-state index is 5.75. The van der Waals surface area contributed by atoms with Crippen molar-refractivity contribution in [1.82, 2.24) is 20.2 Å². The second-order valence-electron chi connectivity index (χ2n) is 4.43. The lowest BCUT2D eigenvalue weighted by Crippen LogP contribution is -2.00. The third-order valence-electron chi connectivity index (χ3n) is 3.06. The zero-order valence-electron chi connectivity index (χ0n) is 11.7. The summed E-state index contributed by atoms with van der Waals surface area (Å²) < 4.78 is 5.94. The van der Waals surface area contributed by atoms with Crippen molar-refractivity contribution in [3.05, 3.63) is 47.1 Å². The van der Waals surface area contributed by atoms with Crippen LogP contribution in [0.1, 0.15) is 0 Å². The minimum atomic E-state index is 0.205. The Balaban J connectivity index is 2.18. The number of nitrogen functional groups attached to an aromatic ring is 1. The van der Waals surface area contributed by atoms with E-state index in [1.807, 2.05) is 24.3 Å². The highest BCUT2D eigenvalue weighted by molar-refractivity contribution is 9.10. The largest absolute Gasteiger partial charge is 0.480 e. The molecule has 0 aliphatic carbocycles. The summed E-state index contributed by atoms with van der Waals surface area (Å²) in [5, 5.41) is 8.14. The monoisotopic (exact) mass is 357 g/mol. The molecule has 0 saturated carbocycles. The Morgan fingerprint density at radius 3 is 2.55 bits per heavy atom. The molecule has 0 saturated heterocycles. The Morgan fingerprint density at radius 1 is 1.05 bits per heavy atom. The van der Waals surface area contributed by atoms with E-state index in [0.29, 0.717) is 17.3 Å². The Kier molecular flexibility index (Phi) is 3.97. The van der Waals surface area contributed by atoms with Crippen LogP contribution in [0, 0.1) is 0 Å². The van der Waals surface area contributed by atoms with Crippen molar-refractivity contribution >= 4 is 21.9 Å². The maximum absolute atomic E-state index is 5.75. The average Bonchev–Trinajstić information content (AvgIpc) is 2.55. The van der Waals surface area contributed by atoms with Gasteiger partial charge in [0.05, 0.1) is 18.5 Å². The van der Waals surface area contributed by atoms with E-state index in [0.717, 1.165) is 15.6 Å². The van der Waals surface area contributed by atoms with Crippen LogP contribution < -0.4 is 10.5 Å². The van der Waals surface area contributed by atoms with Crippen LogP contribution in [0.15, 0.2) is 47.1 Å². The first-order chi connectivity index (χ1) is 10.7. The molecule has 3 rings (SSSR count). The van der Waals surface area contributed by atoms with Crippen molar-refractivity contribution in [3.63, 3.8) is 0 Å². The number of nitrogens with zero attached hydrogens (tertiary/aromatic N) is 4. The van der Waals surface area contributed by atoms with Gasteiger partial charge in [0.25, 0.3) is 0 Å². The number of benzene rings is 1. The maximum Gasteiger partial charge on any atom is 0.233 e. The summed E-state index contributed by atoms with van der Waals surface area (Å²) in [5.41, 5.74) is 8.74. The molecule has 2 N–H and O–H groups in total. The molecule has 0 aliphatic heterocycles. The summed E-state index contributed by atoms with van der Waals surface area (Å²) in [6.45, 7) is 0. The number of rotatable bonds is 3. The number of hydrogen-bond acceptors (Lipinski definition) is 6. The normalized spacial score (nSPS) is 10.5. The van der Waals surface area contributed by atoms with E-state index >= 15 is 0 Å². The molecule has 0 fully saturated rings. The van der Waals surface area contributed by atoms with Crippen molar-refractivity contribution < 1.29 is 4.74 Å². The van der Waals surface area contributed by atoms with Crippen LogP contribution in [-0.2, 0) is 0 Å². The van der Waals surface area contributed by atoms with Crippen molar-refractivity contribution in [2.24, 2.45) is 0 Å². The molecule has 7 heteroatoms. The standard InChI is InChI=1S/C15H12BrN5O/c1-22-13-7-6-12(20-21-13)10-8-18-15(17)19-14(10)9-4-2-3-5-11(9)16/h2-8H,1H3,(H2,17,18,19). The molecular weight excluding hydrogens is 346 g/mol. The Bertz CT molecular complexity index is 807. The van der Waals surface area contributed by atoms with E-state index in [2.05, 4.69) is 36.1 Å². The molecular formula is C15H12BrN5O. The van der Waals surface area contributed by atoms with Gasteiger partial charge in [-0.3, -0.25) is 0 Å². The Hall–Kier alpha value is -2.54. The number of anilines is 1. The van der Waals surface area contributed by atoms with Gasteiger partial charge in [0.15, 0.2) is 0 Å². The van der Waals surface area contributed by atoms with Gasteiger partial charge in [-0.15, -0.1) is 10.2 Å². The fraction of sp³-hybridized carbons (Fsp3) is 0.0667. The molecule has 0 radical (unpaired) electrons. The molecule has 0 bridgehead atoms. The summed E-state index contributed by atoms with van der Waals surface area (Å²) in [5.74, 6) is 0.651. The smallest absolute Gasteiger partial charge is 0.233 e. The SMILES string of the molecule is COc1ccc(-c2cnc(N)nc2-c2ccccc2Br)nn1. The molecule has 2 heterocycles. The Labute approximate surface area is 135 Å². The molecule has 3 aromatic rings. The van der Waals surface area contributed by atoms with Crippen molar-refractivity contribution in [2.45, 2.75) is 0 Å². The molecule has 2 aromatic heterocycles. The van der Waals surface area contributed by atoms with Gasteiger partial charge in [0, 0.05) is 27.9 Å². The summed E-state index contributed by atoms with van der Waals surface area (Å²) in [6.07, 6.45) is 1.65. The van der Waals surface area contributed by atoms with Gasteiger partial charge in [-0.1, -0.05) is 34.1 Å². The van der Waals surface area contributed by atoms with Crippen molar-refractivity contribution in [1.29, 1.82) is 0 Å². The molecule has 0 aliphatic rings. The van der Waals surface area contributed by atoms with Crippen LogP contribution in [0.25, 0.3) is 22.5 Å². The second-order valence-corrected chi connectivity index (χ2v) is 5.29.